The van der Waals surface area contributed by atoms with Crippen molar-refractivity contribution in [2.24, 2.45) is 4.99 Å². The molecule has 1 aromatic carbocycles. The number of carbonyl (C=O) groups is 1. The average Bonchev–Trinajstić information content (AvgIpc) is 3.34. The van der Waals surface area contributed by atoms with Crippen molar-refractivity contribution >= 4 is 41.6 Å². The summed E-state index contributed by atoms with van der Waals surface area (Å²) in [5.41, 5.74) is 0.625. The zero-order valence-electron chi connectivity index (χ0n) is 16.6. The number of rotatable bonds is 6. The molecular formula is C18H24F2IN7O2. The summed E-state index contributed by atoms with van der Waals surface area (Å²) in [6.07, 6.45) is 2.35. The molecule has 1 aromatic heterocycles. The normalized spacial score (nSPS) is 16.2. The summed E-state index contributed by atoms with van der Waals surface area (Å²) in [6.45, 7) is 1.32. The van der Waals surface area contributed by atoms with Crippen LogP contribution in [0.2, 0.25) is 0 Å². The SMILES string of the molecule is CN=C(NCc1cn(CC(=O)OC)nn1)NC1CCN(c2c(F)cccc2F)C1.I. The van der Waals surface area contributed by atoms with Gasteiger partial charge >= 0.3 is 5.97 Å². The molecule has 3 rings (SSSR count). The fourth-order valence-electron chi connectivity index (χ4n) is 3.13. The van der Waals surface area contributed by atoms with Crippen LogP contribution in [0.3, 0.4) is 0 Å². The Labute approximate surface area is 189 Å². The van der Waals surface area contributed by atoms with Gasteiger partial charge in [-0.2, -0.15) is 0 Å². The van der Waals surface area contributed by atoms with Crippen molar-refractivity contribution in [2.45, 2.75) is 25.6 Å². The Morgan fingerprint density at radius 1 is 1.37 bits per heavy atom. The highest BCUT2D eigenvalue weighted by atomic mass is 127. The Balaban J connectivity index is 0.00000320. The maximum atomic E-state index is 14.0. The second-order valence-electron chi connectivity index (χ2n) is 6.56. The van der Waals surface area contributed by atoms with Crippen molar-refractivity contribution in [3.05, 3.63) is 41.7 Å². The maximum Gasteiger partial charge on any atom is 0.327 e. The number of hydrogen-bond acceptors (Lipinski definition) is 6. The maximum absolute atomic E-state index is 14.0. The zero-order chi connectivity index (χ0) is 20.8. The second kappa shape index (κ2) is 11.0. The quantitative estimate of drug-likeness (QED) is 0.249. The summed E-state index contributed by atoms with van der Waals surface area (Å²) in [5, 5.41) is 14.2. The summed E-state index contributed by atoms with van der Waals surface area (Å²) in [7, 11) is 2.94. The predicted octanol–water partition coefficient (Wildman–Crippen LogP) is 1.29. The average molecular weight is 535 g/mol. The molecule has 2 heterocycles. The third-order valence-electron chi connectivity index (χ3n) is 4.55. The zero-order valence-corrected chi connectivity index (χ0v) is 19.0. The molecule has 2 N–H and O–H groups in total. The molecule has 0 spiro atoms. The monoisotopic (exact) mass is 535 g/mol. The van der Waals surface area contributed by atoms with E-state index >= 15 is 0 Å². The Morgan fingerprint density at radius 2 is 2.10 bits per heavy atom. The number of guanidine groups is 1. The first-order valence-electron chi connectivity index (χ1n) is 9.12. The van der Waals surface area contributed by atoms with Gasteiger partial charge in [0.15, 0.2) is 5.96 Å². The molecular weight excluding hydrogens is 511 g/mol. The smallest absolute Gasteiger partial charge is 0.327 e. The first kappa shape index (κ1) is 23.8. The fourth-order valence-corrected chi connectivity index (χ4v) is 3.13. The van der Waals surface area contributed by atoms with Crippen LogP contribution in [0, 0.1) is 11.6 Å². The van der Waals surface area contributed by atoms with Gasteiger partial charge in [-0.15, -0.1) is 29.1 Å². The molecule has 30 heavy (non-hydrogen) atoms. The number of halogens is 3. The van der Waals surface area contributed by atoms with E-state index in [0.29, 0.717) is 37.7 Å². The number of para-hydroxylation sites is 1. The Hall–Kier alpha value is -2.51. The number of methoxy groups -OCH3 is 1. The number of benzene rings is 1. The largest absolute Gasteiger partial charge is 0.468 e. The molecule has 0 bridgehead atoms. The van der Waals surface area contributed by atoms with Gasteiger partial charge < -0.3 is 20.3 Å². The number of aliphatic imine (C=N–C) groups is 1. The van der Waals surface area contributed by atoms with Gasteiger partial charge in [-0.25, -0.2) is 13.5 Å². The van der Waals surface area contributed by atoms with Crippen LogP contribution in [-0.4, -0.2) is 60.2 Å². The molecule has 1 unspecified atom stereocenters. The number of esters is 1. The van der Waals surface area contributed by atoms with Crippen LogP contribution in [0.1, 0.15) is 12.1 Å². The first-order valence-corrected chi connectivity index (χ1v) is 9.12. The van der Waals surface area contributed by atoms with Crippen molar-refractivity contribution in [3.8, 4) is 0 Å². The van der Waals surface area contributed by atoms with Crippen LogP contribution < -0.4 is 15.5 Å². The van der Waals surface area contributed by atoms with E-state index in [2.05, 4.69) is 30.7 Å². The highest BCUT2D eigenvalue weighted by molar-refractivity contribution is 14.0. The van der Waals surface area contributed by atoms with E-state index in [1.54, 1.807) is 18.1 Å². The number of nitrogens with one attached hydrogen (secondary N) is 2. The van der Waals surface area contributed by atoms with Gasteiger partial charge in [-0.3, -0.25) is 9.79 Å². The number of nitrogens with zero attached hydrogens (tertiary/aromatic N) is 5. The highest BCUT2D eigenvalue weighted by Crippen LogP contribution is 2.26. The molecule has 0 radical (unpaired) electrons. The minimum absolute atomic E-state index is 0. The summed E-state index contributed by atoms with van der Waals surface area (Å²) in [6, 6.07) is 3.85. The number of ether oxygens (including phenoxy) is 1. The van der Waals surface area contributed by atoms with Gasteiger partial charge in [0, 0.05) is 26.2 Å². The number of hydrogen-bond donors (Lipinski definition) is 2. The summed E-state index contributed by atoms with van der Waals surface area (Å²) in [5.74, 6) is -1.01. The molecule has 12 heteroatoms. The van der Waals surface area contributed by atoms with Crippen LogP contribution in [0.15, 0.2) is 29.4 Å². The standard InChI is InChI=1S/C18H23F2N7O2.HI/c1-21-18(22-8-13-10-27(25-24-13)11-16(28)29-2)23-12-6-7-26(9-12)17-14(19)4-3-5-15(17)20;/h3-5,10,12H,6-9,11H2,1-2H3,(H2,21,22,23);1H. The van der Waals surface area contributed by atoms with Crippen LogP contribution >= 0.6 is 24.0 Å². The lowest BCUT2D eigenvalue weighted by Crippen LogP contribution is -2.44. The second-order valence-corrected chi connectivity index (χ2v) is 6.56. The van der Waals surface area contributed by atoms with Crippen molar-refractivity contribution in [3.63, 3.8) is 0 Å². The lowest BCUT2D eigenvalue weighted by Gasteiger charge is -2.21. The topological polar surface area (TPSA) is 96.7 Å². The molecule has 1 atom stereocenters. The lowest BCUT2D eigenvalue weighted by atomic mass is 10.2. The fraction of sp³-hybridized carbons (Fsp3) is 0.444. The predicted molar refractivity (Wildman–Crippen MR) is 118 cm³/mol. The number of anilines is 1. The summed E-state index contributed by atoms with van der Waals surface area (Å²) in [4.78, 5) is 17.1. The molecule has 164 valence electrons. The molecule has 9 nitrogen and oxygen atoms in total. The molecule has 0 amide bonds. The summed E-state index contributed by atoms with van der Waals surface area (Å²) < 4.78 is 33.9. The van der Waals surface area contributed by atoms with E-state index in [1.165, 1.54) is 30.0 Å². The van der Waals surface area contributed by atoms with Gasteiger partial charge in [-0.05, 0) is 18.6 Å². The third kappa shape index (κ3) is 6.00. The van der Waals surface area contributed by atoms with E-state index in [9.17, 15) is 13.6 Å². The molecule has 1 saturated heterocycles. The molecule has 0 saturated carbocycles. The van der Waals surface area contributed by atoms with Crippen LogP contribution in [0.4, 0.5) is 14.5 Å². The molecule has 1 aliphatic heterocycles. The van der Waals surface area contributed by atoms with E-state index in [-0.39, 0.29) is 42.3 Å². The molecule has 2 aromatic rings. The van der Waals surface area contributed by atoms with Gasteiger partial charge in [0.05, 0.1) is 19.9 Å². The van der Waals surface area contributed by atoms with Crippen molar-refractivity contribution in [1.82, 2.24) is 25.6 Å². The Kier molecular flexibility index (Phi) is 8.74. The number of aromatic nitrogens is 3. The van der Waals surface area contributed by atoms with Crippen molar-refractivity contribution < 1.29 is 18.3 Å². The van der Waals surface area contributed by atoms with Gasteiger partial charge in [-0.1, -0.05) is 11.3 Å². The minimum atomic E-state index is -0.566. The van der Waals surface area contributed by atoms with E-state index in [0.717, 1.165) is 0 Å². The number of carbonyl (C=O) groups excluding carboxylic acids is 1. The van der Waals surface area contributed by atoms with Crippen LogP contribution in [-0.2, 0) is 22.6 Å². The third-order valence-corrected chi connectivity index (χ3v) is 4.55. The van der Waals surface area contributed by atoms with Gasteiger partial charge in [0.1, 0.15) is 29.6 Å². The van der Waals surface area contributed by atoms with E-state index in [1.807, 2.05) is 0 Å². The van der Waals surface area contributed by atoms with Crippen LogP contribution in [0.5, 0.6) is 0 Å². The molecule has 0 aliphatic carbocycles. The minimum Gasteiger partial charge on any atom is -0.468 e. The van der Waals surface area contributed by atoms with Gasteiger partial charge in [0.25, 0.3) is 0 Å². The Bertz CT molecular complexity index is 873. The first-order chi connectivity index (χ1) is 14.0. The molecule has 1 fully saturated rings. The van der Waals surface area contributed by atoms with E-state index in [4.69, 9.17) is 0 Å². The van der Waals surface area contributed by atoms with Crippen molar-refractivity contribution in [1.29, 1.82) is 0 Å². The highest BCUT2D eigenvalue weighted by Gasteiger charge is 2.27. The van der Waals surface area contributed by atoms with Gasteiger partial charge in [0.2, 0.25) is 0 Å². The molecule has 1 aliphatic rings. The van der Waals surface area contributed by atoms with Crippen molar-refractivity contribution in [2.75, 3.05) is 32.1 Å². The Morgan fingerprint density at radius 3 is 2.77 bits per heavy atom. The lowest BCUT2D eigenvalue weighted by molar-refractivity contribution is -0.141. The van der Waals surface area contributed by atoms with Crippen LogP contribution in [0.25, 0.3) is 0 Å². The van der Waals surface area contributed by atoms with E-state index < -0.39 is 17.6 Å². The summed E-state index contributed by atoms with van der Waals surface area (Å²) >= 11 is 0.